The molecule has 0 radical (unpaired) electrons. The molecule has 0 spiro atoms. The van der Waals surface area contributed by atoms with Crippen molar-refractivity contribution in [1.29, 1.82) is 0 Å². The van der Waals surface area contributed by atoms with Gasteiger partial charge in [-0.3, -0.25) is 0 Å². The maximum atomic E-state index is 13.7. The van der Waals surface area contributed by atoms with Crippen LogP contribution in [0.25, 0.3) is 10.9 Å². The van der Waals surface area contributed by atoms with Gasteiger partial charge in [-0.1, -0.05) is 0 Å². The van der Waals surface area contributed by atoms with Gasteiger partial charge in [0.25, 0.3) is 0 Å². The van der Waals surface area contributed by atoms with E-state index in [-0.39, 0.29) is 5.52 Å². The minimum absolute atomic E-state index is 0.124. The number of benzene rings is 1. The van der Waals surface area contributed by atoms with Gasteiger partial charge in [0, 0.05) is 29.6 Å². The number of halogens is 2. The van der Waals surface area contributed by atoms with Crippen LogP contribution in [0.5, 0.6) is 0 Å². The van der Waals surface area contributed by atoms with Crippen molar-refractivity contribution in [2.75, 3.05) is 14.1 Å². The van der Waals surface area contributed by atoms with Crippen LogP contribution >= 0.6 is 15.9 Å². The Balaban J connectivity index is 2.09. The lowest BCUT2D eigenvalue weighted by Crippen LogP contribution is -2.49. The van der Waals surface area contributed by atoms with Crippen molar-refractivity contribution in [2.45, 2.75) is 6.92 Å². The van der Waals surface area contributed by atoms with Gasteiger partial charge >= 0.3 is 20.4 Å². The summed E-state index contributed by atoms with van der Waals surface area (Å²) in [5, 5.41) is 0.508. The highest BCUT2D eigenvalue weighted by molar-refractivity contribution is 9.10. The van der Waals surface area contributed by atoms with Crippen LogP contribution in [-0.4, -0.2) is 48.0 Å². The van der Waals surface area contributed by atoms with Crippen molar-refractivity contribution < 1.29 is 21.2 Å². The predicted octanol–water partition coefficient (Wildman–Crippen LogP) is 1.26. The standard InChI is InChI=1S/C13H15BrFN5O4S2/c1-9-13(14)11-5-4-10(15)8-12(11)20(9)26(23,24)19-7-6-18(16-19)25(21,22)17(2)3/h4-8,16H,1-3H3. The SMILES string of the molecule is Cc1c(Br)c2ccc(F)cc2n1S(=O)(=O)N1C=CN(S(=O)(=O)N(C)C)N1. The molecular weight excluding hydrogens is 453 g/mol. The summed E-state index contributed by atoms with van der Waals surface area (Å²) in [6.07, 6.45) is 2.11. The Bertz CT molecular complexity index is 1130. The van der Waals surface area contributed by atoms with Crippen LogP contribution in [0.4, 0.5) is 4.39 Å². The fraction of sp³-hybridized carbons (Fsp3) is 0.231. The van der Waals surface area contributed by atoms with E-state index < -0.39 is 26.2 Å². The number of rotatable bonds is 4. The van der Waals surface area contributed by atoms with Crippen molar-refractivity contribution in [2.24, 2.45) is 0 Å². The summed E-state index contributed by atoms with van der Waals surface area (Å²) in [6.45, 7) is 1.55. The zero-order valence-electron chi connectivity index (χ0n) is 13.9. The molecule has 0 amide bonds. The second kappa shape index (κ2) is 6.20. The molecule has 2 heterocycles. The van der Waals surface area contributed by atoms with Gasteiger partial charge in [-0.25, -0.2) is 8.36 Å². The largest absolute Gasteiger partial charge is 0.345 e. The molecule has 0 atom stereocenters. The molecule has 1 aromatic heterocycles. The van der Waals surface area contributed by atoms with Crippen LogP contribution < -0.4 is 5.53 Å². The first kappa shape index (κ1) is 19.1. The maximum absolute atomic E-state index is 13.7. The third-order valence-electron chi connectivity index (χ3n) is 3.76. The summed E-state index contributed by atoms with van der Waals surface area (Å²) in [5.41, 5.74) is 2.71. The lowest BCUT2D eigenvalue weighted by Gasteiger charge is -2.24. The van der Waals surface area contributed by atoms with E-state index in [0.29, 0.717) is 24.4 Å². The van der Waals surface area contributed by atoms with Crippen LogP contribution in [0.3, 0.4) is 0 Å². The average Bonchev–Trinajstić information content (AvgIpc) is 3.13. The Morgan fingerprint density at radius 3 is 2.35 bits per heavy atom. The van der Waals surface area contributed by atoms with Crippen LogP contribution in [-0.2, 0) is 20.4 Å². The Labute approximate surface area is 158 Å². The second-order valence-corrected chi connectivity index (χ2v) is 10.1. The zero-order valence-corrected chi connectivity index (χ0v) is 17.1. The molecule has 1 aromatic carbocycles. The van der Waals surface area contributed by atoms with E-state index in [1.165, 1.54) is 26.2 Å². The summed E-state index contributed by atoms with van der Waals surface area (Å²) in [4.78, 5) is 0. The highest BCUT2D eigenvalue weighted by Gasteiger charge is 2.34. The summed E-state index contributed by atoms with van der Waals surface area (Å²) in [6, 6.07) is 3.78. The molecule has 0 saturated carbocycles. The van der Waals surface area contributed by atoms with Gasteiger partial charge in [0.05, 0.1) is 17.9 Å². The fourth-order valence-corrected chi connectivity index (χ4v) is 5.27. The van der Waals surface area contributed by atoms with Gasteiger partial charge in [0.15, 0.2) is 0 Å². The average molecular weight is 468 g/mol. The molecule has 26 heavy (non-hydrogen) atoms. The van der Waals surface area contributed by atoms with Gasteiger partial charge < -0.3 is 0 Å². The Morgan fingerprint density at radius 1 is 1.12 bits per heavy atom. The number of hydrogen-bond donors (Lipinski definition) is 1. The molecule has 0 saturated heterocycles. The molecule has 3 rings (SSSR count). The van der Waals surface area contributed by atoms with Crippen molar-refractivity contribution in [3.63, 3.8) is 0 Å². The molecule has 0 fully saturated rings. The smallest absolute Gasteiger partial charge is 0.223 e. The third-order valence-corrected chi connectivity index (χ3v) is 8.02. The van der Waals surface area contributed by atoms with Crippen LogP contribution in [0, 0.1) is 12.7 Å². The van der Waals surface area contributed by atoms with E-state index in [1.807, 2.05) is 0 Å². The van der Waals surface area contributed by atoms with Crippen LogP contribution in [0.15, 0.2) is 35.1 Å². The lowest BCUT2D eigenvalue weighted by atomic mass is 10.2. The molecule has 1 aliphatic heterocycles. The fourth-order valence-electron chi connectivity index (χ4n) is 2.43. The van der Waals surface area contributed by atoms with Crippen molar-refractivity contribution >= 4 is 47.3 Å². The van der Waals surface area contributed by atoms with Crippen LogP contribution in [0.1, 0.15) is 5.69 Å². The number of nitrogens with one attached hydrogen (secondary N) is 1. The third kappa shape index (κ3) is 2.79. The zero-order chi connectivity index (χ0) is 19.4. The first-order valence-corrected chi connectivity index (χ1v) is 10.7. The number of hydrogen-bond acceptors (Lipinski definition) is 5. The van der Waals surface area contributed by atoms with Crippen molar-refractivity contribution in [3.8, 4) is 0 Å². The van der Waals surface area contributed by atoms with E-state index in [1.54, 1.807) is 6.92 Å². The van der Waals surface area contributed by atoms with E-state index >= 15 is 0 Å². The maximum Gasteiger partial charge on any atom is 0.345 e. The molecule has 2 aromatic rings. The second-order valence-electron chi connectivity index (χ2n) is 5.61. The number of nitrogens with zero attached hydrogens (tertiary/aromatic N) is 4. The monoisotopic (exact) mass is 467 g/mol. The molecule has 1 N–H and O–H groups in total. The highest BCUT2D eigenvalue weighted by Crippen LogP contribution is 2.33. The molecular formula is C13H15BrFN5O4S2. The Hall–Kier alpha value is -1.67. The minimum atomic E-state index is -4.28. The van der Waals surface area contributed by atoms with Gasteiger partial charge in [-0.15, -0.1) is 5.53 Å². The first-order valence-electron chi connectivity index (χ1n) is 7.15. The minimum Gasteiger partial charge on any atom is -0.223 e. The molecule has 142 valence electrons. The van der Waals surface area contributed by atoms with Crippen molar-refractivity contribution in [3.05, 3.63) is 46.6 Å². The molecule has 1 aliphatic rings. The van der Waals surface area contributed by atoms with E-state index in [0.717, 1.165) is 26.7 Å². The quantitative estimate of drug-likeness (QED) is 0.729. The normalized spacial score (nSPS) is 15.6. The van der Waals surface area contributed by atoms with E-state index in [4.69, 9.17) is 0 Å². The first-order chi connectivity index (χ1) is 12.0. The summed E-state index contributed by atoms with van der Waals surface area (Å²) in [5.74, 6) is -0.597. The molecule has 0 bridgehead atoms. The van der Waals surface area contributed by atoms with E-state index in [9.17, 15) is 21.2 Å². The van der Waals surface area contributed by atoms with Gasteiger partial charge in [0.1, 0.15) is 5.82 Å². The number of fused-ring (bicyclic) bond motifs is 1. The molecule has 0 aliphatic carbocycles. The Kier molecular flexibility index (Phi) is 4.55. The lowest BCUT2D eigenvalue weighted by molar-refractivity contribution is 0.282. The Morgan fingerprint density at radius 2 is 1.73 bits per heavy atom. The molecule has 13 heteroatoms. The number of aromatic nitrogens is 1. The van der Waals surface area contributed by atoms with Gasteiger partial charge in [-0.05, 0) is 41.1 Å². The highest BCUT2D eigenvalue weighted by atomic mass is 79.9. The molecule has 0 unspecified atom stereocenters. The summed E-state index contributed by atoms with van der Waals surface area (Å²) in [7, 11) is -5.58. The van der Waals surface area contributed by atoms with Crippen LogP contribution in [0.2, 0.25) is 0 Å². The summed E-state index contributed by atoms with van der Waals surface area (Å²) < 4.78 is 67.6. The van der Waals surface area contributed by atoms with Gasteiger partial charge in [0.2, 0.25) is 0 Å². The predicted molar refractivity (Wildman–Crippen MR) is 97.2 cm³/mol. The molecule has 9 nitrogen and oxygen atoms in total. The van der Waals surface area contributed by atoms with E-state index in [2.05, 4.69) is 21.5 Å². The topological polar surface area (TPSA) is 95.0 Å². The summed E-state index contributed by atoms with van der Waals surface area (Å²) >= 11 is 3.31. The van der Waals surface area contributed by atoms with Crippen molar-refractivity contribution in [1.82, 2.24) is 22.6 Å². The van der Waals surface area contributed by atoms with Gasteiger partial charge in [-0.2, -0.15) is 30.0 Å². The number of hydrazine groups is 2.